The van der Waals surface area contributed by atoms with E-state index in [1.807, 2.05) is 0 Å². The maximum Gasteiger partial charge on any atom is 0 e. The quantitative estimate of drug-likeness (QED) is 0.280. The van der Waals surface area contributed by atoms with E-state index in [1.54, 1.807) is 11.1 Å². The lowest BCUT2D eigenvalue weighted by Crippen LogP contribution is -2.08. The number of hydrogen-bond acceptors (Lipinski definition) is 0. The molecule has 232 valence electrons. The van der Waals surface area contributed by atoms with E-state index in [2.05, 4.69) is 106 Å². The summed E-state index contributed by atoms with van der Waals surface area (Å²) in [5, 5.41) is 0. The van der Waals surface area contributed by atoms with Crippen molar-refractivity contribution >= 4 is 0 Å². The molecule has 0 N–H and O–H groups in total. The molecule has 1 aromatic rings. The van der Waals surface area contributed by atoms with Gasteiger partial charge in [-0.05, 0) is 102 Å². The third kappa shape index (κ3) is 19.7. The first-order valence-corrected chi connectivity index (χ1v) is 17.3. The first kappa shape index (κ1) is 36.7. The first-order chi connectivity index (χ1) is 18.9. The summed E-state index contributed by atoms with van der Waals surface area (Å²) in [6.45, 7) is 22.8. The van der Waals surface area contributed by atoms with Crippen LogP contribution in [0.15, 0.2) is 47.6 Å². The first-order valence-electron chi connectivity index (χ1n) is 17.3. The van der Waals surface area contributed by atoms with Crippen molar-refractivity contribution in [3.63, 3.8) is 0 Å². The van der Waals surface area contributed by atoms with E-state index in [0.717, 1.165) is 35.5 Å². The monoisotopic (exact) mass is 554 g/mol. The lowest BCUT2D eigenvalue weighted by Gasteiger charge is -2.22. The van der Waals surface area contributed by atoms with Crippen molar-refractivity contribution in [1.29, 1.82) is 0 Å². The smallest absolute Gasteiger partial charge is 0 e. The molecular weight excluding hydrogens is 480 g/mol. The van der Waals surface area contributed by atoms with Crippen molar-refractivity contribution in [2.45, 2.75) is 159 Å². The molecule has 2 unspecified atom stereocenters. The standard InChI is InChI=1S/2C8H16.2C8H14.C8H10.H2/c5*1-7-3-5-8(2)6-4-7;/h2*7-8H,3-6H2,1-2H3;2*3,8H,4-6H2,1-2H3;3-6H,1-2H3;1H/i;;;;;1+1. The number of allylic oxidation sites excluding steroid dienone is 4. The van der Waals surface area contributed by atoms with Crippen LogP contribution in [-0.4, -0.2) is 0 Å². The van der Waals surface area contributed by atoms with E-state index >= 15 is 0 Å². The van der Waals surface area contributed by atoms with Crippen LogP contribution in [0.1, 0.15) is 158 Å². The molecule has 1 aromatic carbocycles. The Bertz CT molecular complexity index is 711. The summed E-state index contributed by atoms with van der Waals surface area (Å²) in [5.41, 5.74) is 5.83. The molecular formula is C40H72. The van der Waals surface area contributed by atoms with E-state index in [1.165, 1.54) is 101 Å². The molecule has 4 aliphatic rings. The molecule has 2 fully saturated rings. The fourth-order valence-electron chi connectivity index (χ4n) is 5.68. The van der Waals surface area contributed by atoms with Crippen LogP contribution in [0.3, 0.4) is 0 Å². The Morgan fingerprint density at radius 2 is 0.650 bits per heavy atom. The van der Waals surface area contributed by atoms with Crippen LogP contribution in [0.2, 0.25) is 0 Å². The van der Waals surface area contributed by atoms with Crippen LogP contribution in [-0.2, 0) is 0 Å². The molecule has 0 bridgehead atoms. The molecule has 5 rings (SSSR count). The van der Waals surface area contributed by atoms with Crippen molar-refractivity contribution in [3.05, 3.63) is 58.7 Å². The summed E-state index contributed by atoms with van der Waals surface area (Å²) in [5.74, 6) is 5.96. The second-order valence-electron chi connectivity index (χ2n) is 14.7. The predicted octanol–water partition coefficient (Wildman–Crippen LogP) is 13.7. The molecule has 0 heteroatoms. The average Bonchev–Trinajstić information content (AvgIpc) is 2.94. The Kier molecular flexibility index (Phi) is 19.7. The maximum absolute atomic E-state index is 2.37. The molecule has 0 aromatic heterocycles. The lowest BCUT2D eigenvalue weighted by atomic mass is 9.84. The zero-order valence-corrected chi connectivity index (χ0v) is 28.8. The van der Waals surface area contributed by atoms with Crippen molar-refractivity contribution in [2.24, 2.45) is 35.5 Å². The largest absolute Gasteiger partial charge is 0.0853 e. The third-order valence-corrected chi connectivity index (χ3v) is 9.63. The van der Waals surface area contributed by atoms with Gasteiger partial charge >= 0.3 is 0 Å². The summed E-state index contributed by atoms with van der Waals surface area (Å²) >= 11 is 0. The molecule has 2 saturated carbocycles. The van der Waals surface area contributed by atoms with E-state index < -0.39 is 0 Å². The summed E-state index contributed by atoms with van der Waals surface area (Å²) in [6.07, 6.45) is 24.6. The minimum Gasteiger partial charge on any atom is -0.0853 e. The highest BCUT2D eigenvalue weighted by Crippen LogP contribution is 2.28. The second kappa shape index (κ2) is 21.4. The molecule has 2 atom stereocenters. The Morgan fingerprint density at radius 1 is 0.400 bits per heavy atom. The normalized spacial score (nSPS) is 29.6. The minimum absolute atomic E-state index is 0. The van der Waals surface area contributed by atoms with Crippen LogP contribution < -0.4 is 0 Å². The Balaban J connectivity index is 0.000000485. The highest BCUT2D eigenvalue weighted by atomic mass is 14.2. The molecule has 0 amide bonds. The van der Waals surface area contributed by atoms with Gasteiger partial charge in [0.2, 0.25) is 0 Å². The molecule has 0 spiro atoms. The van der Waals surface area contributed by atoms with E-state index in [9.17, 15) is 0 Å². The summed E-state index contributed by atoms with van der Waals surface area (Å²) in [7, 11) is 0. The summed E-state index contributed by atoms with van der Waals surface area (Å²) in [4.78, 5) is 0. The Hall–Kier alpha value is -1.30. The van der Waals surface area contributed by atoms with Crippen molar-refractivity contribution < 1.29 is 1.43 Å². The number of rotatable bonds is 0. The fraction of sp³-hybridized carbons (Fsp3) is 0.750. The summed E-state index contributed by atoms with van der Waals surface area (Å²) in [6, 6.07) is 8.48. The van der Waals surface area contributed by atoms with Crippen molar-refractivity contribution in [2.75, 3.05) is 0 Å². The van der Waals surface area contributed by atoms with Gasteiger partial charge in [-0.25, -0.2) is 0 Å². The minimum atomic E-state index is 0. The topological polar surface area (TPSA) is 0 Å². The van der Waals surface area contributed by atoms with Crippen LogP contribution >= 0.6 is 0 Å². The highest BCUT2D eigenvalue weighted by Gasteiger charge is 2.14. The van der Waals surface area contributed by atoms with Gasteiger partial charge in [-0.2, -0.15) is 0 Å². The SMILES string of the molecule is CC1=CCC(C)CC1.CC1=CCC(C)CC1.CC1CCC(C)CC1.CC1CCC(C)CC1.Cc1ccc(C)cc1.[2HH]. The van der Waals surface area contributed by atoms with E-state index in [0.29, 0.717) is 0 Å². The molecule has 4 aliphatic carbocycles. The molecule has 0 heterocycles. The van der Waals surface area contributed by atoms with E-state index in [-0.39, 0.29) is 1.43 Å². The van der Waals surface area contributed by atoms with Gasteiger partial charge in [-0.3, -0.25) is 0 Å². The van der Waals surface area contributed by atoms with Crippen LogP contribution in [0.4, 0.5) is 0 Å². The third-order valence-electron chi connectivity index (χ3n) is 9.63. The van der Waals surface area contributed by atoms with Gasteiger partial charge < -0.3 is 0 Å². The van der Waals surface area contributed by atoms with Crippen LogP contribution in [0, 0.1) is 49.4 Å². The zero-order chi connectivity index (χ0) is 29.9. The second-order valence-corrected chi connectivity index (χ2v) is 14.7. The molecule has 0 nitrogen and oxygen atoms in total. The Morgan fingerprint density at radius 3 is 0.825 bits per heavy atom. The van der Waals surface area contributed by atoms with Gasteiger partial charge in [-0.15, -0.1) is 0 Å². The van der Waals surface area contributed by atoms with Gasteiger partial charge in [-0.1, -0.05) is 152 Å². The molecule has 40 heavy (non-hydrogen) atoms. The Labute approximate surface area is 254 Å². The number of hydrogen-bond donors (Lipinski definition) is 0. The van der Waals surface area contributed by atoms with Gasteiger partial charge in [0, 0.05) is 1.43 Å². The maximum atomic E-state index is 2.37. The summed E-state index contributed by atoms with van der Waals surface area (Å²) < 4.78 is 0. The average molecular weight is 554 g/mol. The lowest BCUT2D eigenvalue weighted by molar-refractivity contribution is 0.308. The van der Waals surface area contributed by atoms with Crippen molar-refractivity contribution in [3.8, 4) is 0 Å². The van der Waals surface area contributed by atoms with E-state index in [4.69, 9.17) is 0 Å². The number of benzene rings is 1. The van der Waals surface area contributed by atoms with Gasteiger partial charge in [0.05, 0.1) is 0 Å². The van der Waals surface area contributed by atoms with Crippen LogP contribution in [0.5, 0.6) is 0 Å². The van der Waals surface area contributed by atoms with Gasteiger partial charge in [0.25, 0.3) is 0 Å². The molecule has 0 aliphatic heterocycles. The number of aryl methyl sites for hydroxylation is 2. The molecule has 0 radical (unpaired) electrons. The van der Waals surface area contributed by atoms with Crippen molar-refractivity contribution in [1.82, 2.24) is 0 Å². The highest BCUT2D eigenvalue weighted by molar-refractivity contribution is 5.19. The van der Waals surface area contributed by atoms with Gasteiger partial charge in [0.15, 0.2) is 0 Å². The fourth-order valence-corrected chi connectivity index (χ4v) is 5.68. The molecule has 0 saturated heterocycles. The van der Waals surface area contributed by atoms with Crippen LogP contribution in [0.25, 0.3) is 0 Å². The zero-order valence-electron chi connectivity index (χ0n) is 28.8. The predicted molar refractivity (Wildman–Crippen MR) is 185 cm³/mol. The van der Waals surface area contributed by atoms with Gasteiger partial charge in [0.1, 0.15) is 0 Å².